The lowest BCUT2D eigenvalue weighted by molar-refractivity contribution is 0.141. The Kier molecular flexibility index (Phi) is 2.89. The van der Waals surface area contributed by atoms with Crippen LogP contribution in [-0.2, 0) is 13.1 Å². The number of rotatable bonds is 2. The van der Waals surface area contributed by atoms with E-state index in [9.17, 15) is 0 Å². The maximum absolute atomic E-state index is 5.52. The fraction of sp³-hybridized carbons (Fsp3) is 0.615. The van der Waals surface area contributed by atoms with Gasteiger partial charge in [0.25, 0.3) is 0 Å². The minimum absolute atomic E-state index is 0.132. The lowest BCUT2D eigenvalue weighted by atomic mass is 10.2. The molecule has 0 saturated heterocycles. The smallest absolute Gasteiger partial charge is 0.233 e. The molecular formula is C13H19N5O. The van der Waals surface area contributed by atoms with Crippen molar-refractivity contribution in [2.75, 3.05) is 6.54 Å². The van der Waals surface area contributed by atoms with Gasteiger partial charge in [0, 0.05) is 25.7 Å². The Morgan fingerprint density at radius 1 is 1.16 bits per heavy atom. The van der Waals surface area contributed by atoms with Crippen molar-refractivity contribution in [2.45, 2.75) is 46.8 Å². The van der Waals surface area contributed by atoms with Crippen LogP contribution in [0.1, 0.15) is 42.0 Å². The molecule has 0 aliphatic carbocycles. The summed E-state index contributed by atoms with van der Waals surface area (Å²) in [5, 5.41) is 8.01. The second kappa shape index (κ2) is 4.45. The van der Waals surface area contributed by atoms with Gasteiger partial charge in [-0.25, -0.2) is 4.98 Å². The van der Waals surface area contributed by atoms with E-state index in [2.05, 4.69) is 45.4 Å². The molecular weight excluding hydrogens is 242 g/mol. The maximum atomic E-state index is 5.52. The molecule has 0 fully saturated rings. The van der Waals surface area contributed by atoms with Gasteiger partial charge in [-0.05, 0) is 20.8 Å². The second-order valence-corrected chi connectivity index (χ2v) is 5.16. The molecule has 19 heavy (non-hydrogen) atoms. The van der Waals surface area contributed by atoms with Crippen molar-refractivity contribution in [3.8, 4) is 0 Å². The zero-order valence-electron chi connectivity index (χ0n) is 11.8. The van der Waals surface area contributed by atoms with Gasteiger partial charge in [0.05, 0.1) is 18.3 Å². The van der Waals surface area contributed by atoms with Crippen molar-refractivity contribution in [3.63, 3.8) is 0 Å². The zero-order valence-corrected chi connectivity index (χ0v) is 11.8. The van der Waals surface area contributed by atoms with Gasteiger partial charge in [0.1, 0.15) is 5.82 Å². The van der Waals surface area contributed by atoms with Crippen molar-refractivity contribution in [1.29, 1.82) is 0 Å². The molecule has 2 aromatic rings. The van der Waals surface area contributed by atoms with E-state index in [0.29, 0.717) is 11.8 Å². The average Bonchev–Trinajstić information content (AvgIpc) is 2.94. The minimum Gasteiger partial charge on any atom is -0.424 e. The van der Waals surface area contributed by atoms with Crippen molar-refractivity contribution >= 4 is 0 Å². The Morgan fingerprint density at radius 2 is 1.95 bits per heavy atom. The number of aromatic nitrogens is 4. The SMILES string of the molecule is Cc1nnc([C@@H](C)N2CCn3c(nc(C)c3C)C2)o1. The Hall–Kier alpha value is -1.69. The molecule has 1 aliphatic heterocycles. The highest BCUT2D eigenvalue weighted by Crippen LogP contribution is 2.25. The normalized spacial score (nSPS) is 17.5. The molecule has 0 N–H and O–H groups in total. The molecule has 0 aromatic carbocycles. The fourth-order valence-corrected chi connectivity index (χ4v) is 2.60. The van der Waals surface area contributed by atoms with E-state index < -0.39 is 0 Å². The molecule has 1 aliphatic rings. The molecule has 0 radical (unpaired) electrons. The number of nitrogens with zero attached hydrogens (tertiary/aromatic N) is 5. The summed E-state index contributed by atoms with van der Waals surface area (Å²) in [5.41, 5.74) is 2.40. The summed E-state index contributed by atoms with van der Waals surface area (Å²) in [6, 6.07) is 0.132. The summed E-state index contributed by atoms with van der Waals surface area (Å²) >= 11 is 0. The number of imidazole rings is 1. The van der Waals surface area contributed by atoms with Gasteiger partial charge in [-0.3, -0.25) is 4.90 Å². The van der Waals surface area contributed by atoms with Crippen LogP contribution < -0.4 is 0 Å². The third-order valence-electron chi connectivity index (χ3n) is 3.94. The molecule has 1 atom stereocenters. The second-order valence-electron chi connectivity index (χ2n) is 5.16. The molecule has 0 bridgehead atoms. The van der Waals surface area contributed by atoms with Crippen molar-refractivity contribution in [3.05, 3.63) is 29.0 Å². The van der Waals surface area contributed by atoms with Gasteiger partial charge in [0.2, 0.25) is 11.8 Å². The number of hydrogen-bond acceptors (Lipinski definition) is 5. The summed E-state index contributed by atoms with van der Waals surface area (Å²) in [6.07, 6.45) is 0. The Labute approximate surface area is 112 Å². The van der Waals surface area contributed by atoms with E-state index in [1.54, 1.807) is 0 Å². The van der Waals surface area contributed by atoms with E-state index in [1.165, 1.54) is 5.69 Å². The molecule has 2 aromatic heterocycles. The predicted molar refractivity (Wildman–Crippen MR) is 69.6 cm³/mol. The van der Waals surface area contributed by atoms with Gasteiger partial charge < -0.3 is 8.98 Å². The maximum Gasteiger partial charge on any atom is 0.233 e. The van der Waals surface area contributed by atoms with Crippen LogP contribution in [0.25, 0.3) is 0 Å². The first kappa shape index (κ1) is 12.3. The molecule has 0 amide bonds. The van der Waals surface area contributed by atoms with Crippen LogP contribution in [0.4, 0.5) is 0 Å². The molecule has 6 heteroatoms. The Bertz CT molecular complexity index is 600. The first-order chi connectivity index (χ1) is 9.06. The van der Waals surface area contributed by atoms with E-state index in [4.69, 9.17) is 4.42 Å². The molecule has 0 unspecified atom stereocenters. The number of fused-ring (bicyclic) bond motifs is 1. The Morgan fingerprint density at radius 3 is 2.63 bits per heavy atom. The van der Waals surface area contributed by atoms with Crippen LogP contribution in [0.3, 0.4) is 0 Å². The van der Waals surface area contributed by atoms with E-state index in [0.717, 1.165) is 31.2 Å². The van der Waals surface area contributed by atoms with Crippen LogP contribution in [0, 0.1) is 20.8 Å². The average molecular weight is 261 g/mol. The highest BCUT2D eigenvalue weighted by molar-refractivity contribution is 5.15. The predicted octanol–water partition coefficient (Wildman–Crippen LogP) is 1.77. The highest BCUT2D eigenvalue weighted by atomic mass is 16.4. The summed E-state index contributed by atoms with van der Waals surface area (Å²) in [7, 11) is 0. The highest BCUT2D eigenvalue weighted by Gasteiger charge is 2.27. The third kappa shape index (κ3) is 2.06. The van der Waals surface area contributed by atoms with Crippen LogP contribution in [0.15, 0.2) is 4.42 Å². The molecule has 102 valence electrons. The van der Waals surface area contributed by atoms with Crippen molar-refractivity contribution in [1.82, 2.24) is 24.6 Å². The summed E-state index contributed by atoms with van der Waals surface area (Å²) in [5.74, 6) is 2.43. The summed E-state index contributed by atoms with van der Waals surface area (Å²) < 4.78 is 7.83. The molecule has 3 rings (SSSR count). The molecule has 0 saturated carbocycles. The number of aryl methyl sites for hydroxylation is 2. The van der Waals surface area contributed by atoms with Crippen LogP contribution >= 0.6 is 0 Å². The first-order valence-electron chi connectivity index (χ1n) is 6.63. The van der Waals surface area contributed by atoms with Crippen LogP contribution in [-0.4, -0.2) is 31.2 Å². The lowest BCUT2D eigenvalue weighted by Gasteiger charge is -2.31. The lowest BCUT2D eigenvalue weighted by Crippen LogP contribution is -2.36. The quantitative estimate of drug-likeness (QED) is 0.824. The van der Waals surface area contributed by atoms with Gasteiger partial charge >= 0.3 is 0 Å². The zero-order chi connectivity index (χ0) is 13.6. The van der Waals surface area contributed by atoms with Gasteiger partial charge in [0.15, 0.2) is 0 Å². The van der Waals surface area contributed by atoms with Crippen molar-refractivity contribution in [2.24, 2.45) is 0 Å². The van der Waals surface area contributed by atoms with Gasteiger partial charge in [-0.2, -0.15) is 0 Å². The summed E-state index contributed by atoms with van der Waals surface area (Å²) in [6.45, 7) is 10.9. The van der Waals surface area contributed by atoms with Crippen LogP contribution in [0.5, 0.6) is 0 Å². The summed E-state index contributed by atoms with van der Waals surface area (Å²) in [4.78, 5) is 6.96. The molecule has 6 nitrogen and oxygen atoms in total. The number of hydrogen-bond donors (Lipinski definition) is 0. The van der Waals surface area contributed by atoms with Gasteiger partial charge in [-0.15, -0.1) is 10.2 Å². The fourth-order valence-electron chi connectivity index (χ4n) is 2.60. The van der Waals surface area contributed by atoms with Crippen LogP contribution in [0.2, 0.25) is 0 Å². The monoisotopic (exact) mass is 261 g/mol. The van der Waals surface area contributed by atoms with Gasteiger partial charge in [-0.1, -0.05) is 0 Å². The minimum atomic E-state index is 0.132. The Balaban J connectivity index is 1.82. The largest absolute Gasteiger partial charge is 0.424 e. The van der Waals surface area contributed by atoms with E-state index in [-0.39, 0.29) is 6.04 Å². The topological polar surface area (TPSA) is 60.0 Å². The molecule has 0 spiro atoms. The standard InChI is InChI=1S/C13H19N5O/c1-8-9(2)18-6-5-17(7-12(18)14-8)10(3)13-16-15-11(4)19-13/h10H,5-7H2,1-4H3/t10-/m1/s1. The molecule has 3 heterocycles. The van der Waals surface area contributed by atoms with Crippen molar-refractivity contribution < 1.29 is 4.42 Å². The van der Waals surface area contributed by atoms with E-state index >= 15 is 0 Å². The first-order valence-corrected chi connectivity index (χ1v) is 6.63. The van der Waals surface area contributed by atoms with E-state index in [1.807, 2.05) is 6.92 Å². The third-order valence-corrected chi connectivity index (χ3v) is 3.94.